The van der Waals surface area contributed by atoms with Crippen LogP contribution in [0.25, 0.3) is 0 Å². The van der Waals surface area contributed by atoms with Gasteiger partial charge in [0.05, 0.1) is 5.92 Å². The molecule has 3 amide bonds. The molecule has 152 valence electrons. The van der Waals surface area contributed by atoms with Crippen molar-refractivity contribution in [3.63, 3.8) is 0 Å². The van der Waals surface area contributed by atoms with E-state index in [1.165, 1.54) is 0 Å². The summed E-state index contributed by atoms with van der Waals surface area (Å²) < 4.78 is 0. The molecule has 1 fully saturated rings. The summed E-state index contributed by atoms with van der Waals surface area (Å²) in [6, 6.07) is 17.8. The van der Waals surface area contributed by atoms with E-state index < -0.39 is 12.0 Å². The Hall–Kier alpha value is -2.80. The van der Waals surface area contributed by atoms with Crippen LogP contribution in [-0.4, -0.2) is 42.3 Å². The SMILES string of the molecule is CSCC[C@H](NC(=O)[C@@H]1CC(=O)N(c2ccccc2)C1)C(=O)Nc1ccccc1. The van der Waals surface area contributed by atoms with Crippen molar-refractivity contribution < 1.29 is 14.4 Å². The third-order valence-electron chi connectivity index (χ3n) is 4.85. The van der Waals surface area contributed by atoms with E-state index in [0.717, 1.165) is 11.4 Å². The minimum atomic E-state index is -0.643. The van der Waals surface area contributed by atoms with E-state index >= 15 is 0 Å². The third-order valence-corrected chi connectivity index (χ3v) is 5.49. The van der Waals surface area contributed by atoms with Crippen molar-refractivity contribution >= 4 is 40.9 Å². The molecule has 3 rings (SSSR count). The number of carbonyl (C=O) groups excluding carboxylic acids is 3. The second kappa shape index (κ2) is 10.1. The highest BCUT2D eigenvalue weighted by Crippen LogP contribution is 2.25. The molecular formula is C22H25N3O3S. The topological polar surface area (TPSA) is 78.5 Å². The van der Waals surface area contributed by atoms with Gasteiger partial charge in [-0.05, 0) is 42.7 Å². The smallest absolute Gasteiger partial charge is 0.246 e. The highest BCUT2D eigenvalue weighted by molar-refractivity contribution is 7.98. The van der Waals surface area contributed by atoms with E-state index in [9.17, 15) is 14.4 Å². The molecule has 1 saturated heterocycles. The van der Waals surface area contributed by atoms with Gasteiger partial charge in [0.2, 0.25) is 17.7 Å². The molecule has 2 aromatic rings. The van der Waals surface area contributed by atoms with Crippen LogP contribution in [0.1, 0.15) is 12.8 Å². The van der Waals surface area contributed by atoms with Crippen molar-refractivity contribution in [3.8, 4) is 0 Å². The summed E-state index contributed by atoms with van der Waals surface area (Å²) in [5, 5.41) is 5.71. The highest BCUT2D eigenvalue weighted by atomic mass is 32.2. The highest BCUT2D eigenvalue weighted by Gasteiger charge is 2.36. The first kappa shape index (κ1) is 20.9. The maximum atomic E-state index is 12.8. The number of thioether (sulfide) groups is 1. The first-order valence-corrected chi connectivity index (χ1v) is 11.0. The van der Waals surface area contributed by atoms with Crippen molar-refractivity contribution in [3.05, 3.63) is 60.7 Å². The summed E-state index contributed by atoms with van der Waals surface area (Å²) in [7, 11) is 0. The van der Waals surface area contributed by atoms with Gasteiger partial charge in [0, 0.05) is 24.3 Å². The van der Waals surface area contributed by atoms with Crippen LogP contribution in [0.3, 0.4) is 0 Å². The maximum Gasteiger partial charge on any atom is 0.246 e. The zero-order valence-electron chi connectivity index (χ0n) is 16.3. The van der Waals surface area contributed by atoms with Crippen LogP contribution in [0.5, 0.6) is 0 Å². The fraction of sp³-hybridized carbons (Fsp3) is 0.318. The van der Waals surface area contributed by atoms with E-state index in [1.807, 2.05) is 54.8 Å². The van der Waals surface area contributed by atoms with Crippen molar-refractivity contribution in [2.75, 3.05) is 28.8 Å². The van der Waals surface area contributed by atoms with E-state index in [0.29, 0.717) is 18.7 Å². The Morgan fingerprint density at radius 3 is 2.41 bits per heavy atom. The van der Waals surface area contributed by atoms with Gasteiger partial charge in [-0.25, -0.2) is 0 Å². The Labute approximate surface area is 175 Å². The van der Waals surface area contributed by atoms with Gasteiger partial charge in [-0.3, -0.25) is 14.4 Å². The molecule has 0 spiro atoms. The predicted molar refractivity (Wildman–Crippen MR) is 117 cm³/mol. The molecular weight excluding hydrogens is 386 g/mol. The summed E-state index contributed by atoms with van der Waals surface area (Å²) in [5.41, 5.74) is 1.47. The monoisotopic (exact) mass is 411 g/mol. The molecule has 0 saturated carbocycles. The summed E-state index contributed by atoms with van der Waals surface area (Å²) in [6.07, 6.45) is 2.63. The molecule has 1 aliphatic rings. The molecule has 1 heterocycles. The maximum absolute atomic E-state index is 12.8. The molecule has 0 aliphatic carbocycles. The van der Waals surface area contributed by atoms with E-state index in [2.05, 4.69) is 10.6 Å². The molecule has 2 aromatic carbocycles. The standard InChI is InChI=1S/C22H25N3O3S/c1-29-13-12-19(22(28)23-17-8-4-2-5-9-17)24-21(27)16-14-20(26)25(15-16)18-10-6-3-7-11-18/h2-11,16,19H,12-15H2,1H3,(H,23,28)(H,24,27)/t16-,19+/m1/s1. The van der Waals surface area contributed by atoms with Crippen LogP contribution >= 0.6 is 11.8 Å². The number of hydrogen-bond acceptors (Lipinski definition) is 4. The van der Waals surface area contributed by atoms with Gasteiger partial charge < -0.3 is 15.5 Å². The van der Waals surface area contributed by atoms with Crippen molar-refractivity contribution in [2.45, 2.75) is 18.9 Å². The number of rotatable bonds is 8. The van der Waals surface area contributed by atoms with E-state index in [4.69, 9.17) is 0 Å². The fourth-order valence-electron chi connectivity index (χ4n) is 3.29. The van der Waals surface area contributed by atoms with Gasteiger partial charge in [0.25, 0.3) is 0 Å². The normalized spacial score (nSPS) is 17.1. The number of benzene rings is 2. The van der Waals surface area contributed by atoms with Crippen LogP contribution in [-0.2, 0) is 14.4 Å². The Morgan fingerprint density at radius 2 is 1.76 bits per heavy atom. The summed E-state index contributed by atoms with van der Waals surface area (Å²) in [5.74, 6) is -0.309. The minimum absolute atomic E-state index is 0.0780. The van der Waals surface area contributed by atoms with Crippen molar-refractivity contribution in [2.24, 2.45) is 5.92 Å². The minimum Gasteiger partial charge on any atom is -0.344 e. The Kier molecular flexibility index (Phi) is 7.30. The number of nitrogens with one attached hydrogen (secondary N) is 2. The lowest BCUT2D eigenvalue weighted by Crippen LogP contribution is -2.46. The van der Waals surface area contributed by atoms with E-state index in [-0.39, 0.29) is 24.1 Å². The van der Waals surface area contributed by atoms with E-state index in [1.54, 1.807) is 28.8 Å². The third kappa shape index (κ3) is 5.60. The van der Waals surface area contributed by atoms with Crippen molar-refractivity contribution in [1.29, 1.82) is 0 Å². The molecule has 0 radical (unpaired) electrons. The fourth-order valence-corrected chi connectivity index (χ4v) is 3.76. The predicted octanol–water partition coefficient (Wildman–Crippen LogP) is 2.92. The number of amides is 3. The van der Waals surface area contributed by atoms with Gasteiger partial charge in [0.15, 0.2) is 0 Å². The average Bonchev–Trinajstić information content (AvgIpc) is 3.14. The summed E-state index contributed by atoms with van der Waals surface area (Å²) in [6.45, 7) is 0.324. The number of nitrogens with zero attached hydrogens (tertiary/aromatic N) is 1. The molecule has 7 heteroatoms. The zero-order valence-corrected chi connectivity index (χ0v) is 17.2. The molecule has 29 heavy (non-hydrogen) atoms. The number of anilines is 2. The van der Waals surface area contributed by atoms with Gasteiger partial charge >= 0.3 is 0 Å². The first-order chi connectivity index (χ1) is 14.1. The van der Waals surface area contributed by atoms with Crippen LogP contribution in [0, 0.1) is 5.92 Å². The van der Waals surface area contributed by atoms with Crippen LogP contribution in [0.2, 0.25) is 0 Å². The van der Waals surface area contributed by atoms with Gasteiger partial charge in [0.1, 0.15) is 6.04 Å². The lowest BCUT2D eigenvalue weighted by atomic mass is 10.1. The van der Waals surface area contributed by atoms with Crippen LogP contribution < -0.4 is 15.5 Å². The van der Waals surface area contributed by atoms with Crippen LogP contribution in [0.15, 0.2) is 60.7 Å². The van der Waals surface area contributed by atoms with Gasteiger partial charge in [-0.15, -0.1) is 0 Å². The summed E-state index contributed by atoms with van der Waals surface area (Å²) >= 11 is 1.62. The Bertz CT molecular complexity index is 845. The quantitative estimate of drug-likeness (QED) is 0.700. The average molecular weight is 412 g/mol. The molecule has 0 bridgehead atoms. The van der Waals surface area contributed by atoms with Crippen molar-refractivity contribution in [1.82, 2.24) is 5.32 Å². The zero-order chi connectivity index (χ0) is 20.6. The number of carbonyl (C=O) groups is 3. The molecule has 2 atom stereocenters. The molecule has 0 unspecified atom stereocenters. The lowest BCUT2D eigenvalue weighted by molar-refractivity contribution is -0.129. The Morgan fingerprint density at radius 1 is 1.10 bits per heavy atom. The second-order valence-corrected chi connectivity index (χ2v) is 7.92. The molecule has 1 aliphatic heterocycles. The second-order valence-electron chi connectivity index (χ2n) is 6.94. The van der Waals surface area contributed by atoms with Gasteiger partial charge in [-0.2, -0.15) is 11.8 Å². The largest absolute Gasteiger partial charge is 0.344 e. The molecule has 6 nitrogen and oxygen atoms in total. The molecule has 2 N–H and O–H groups in total. The first-order valence-electron chi connectivity index (χ1n) is 9.59. The van der Waals surface area contributed by atoms with Crippen LogP contribution in [0.4, 0.5) is 11.4 Å². The lowest BCUT2D eigenvalue weighted by Gasteiger charge is -2.21. The number of para-hydroxylation sites is 2. The number of hydrogen-bond donors (Lipinski definition) is 2. The Balaban J connectivity index is 1.63. The summed E-state index contributed by atoms with van der Waals surface area (Å²) in [4.78, 5) is 39.5. The van der Waals surface area contributed by atoms with Gasteiger partial charge in [-0.1, -0.05) is 36.4 Å². The molecule has 0 aromatic heterocycles.